The molecule has 0 saturated carbocycles. The van der Waals surface area contributed by atoms with Gasteiger partial charge in [-0.3, -0.25) is 4.79 Å². The van der Waals surface area contributed by atoms with E-state index < -0.39 is 0 Å². The molecule has 2 aliphatic rings. The molecule has 1 unspecified atom stereocenters. The molecule has 1 saturated heterocycles. The quantitative estimate of drug-likeness (QED) is 0.907. The number of piperidine rings is 1. The largest absolute Gasteiger partial charge is 0.454 e. The third-order valence-corrected chi connectivity index (χ3v) is 4.88. The number of aromatic nitrogens is 2. The van der Waals surface area contributed by atoms with Crippen LogP contribution in [0.2, 0.25) is 0 Å². The number of rotatable bonds is 4. The van der Waals surface area contributed by atoms with Crippen molar-refractivity contribution in [3.05, 3.63) is 36.3 Å². The van der Waals surface area contributed by atoms with E-state index in [1.807, 2.05) is 23.1 Å². The van der Waals surface area contributed by atoms with Crippen molar-refractivity contribution in [2.24, 2.45) is 0 Å². The van der Waals surface area contributed by atoms with Gasteiger partial charge in [-0.05, 0) is 37.8 Å². The lowest BCUT2D eigenvalue weighted by Crippen LogP contribution is -2.43. The number of amides is 1. The first-order valence-corrected chi connectivity index (χ1v) is 9.04. The van der Waals surface area contributed by atoms with Crippen LogP contribution in [0.25, 0.3) is 0 Å². The summed E-state index contributed by atoms with van der Waals surface area (Å²) in [6, 6.07) is 5.89. The highest BCUT2D eigenvalue weighted by atomic mass is 16.7. The summed E-state index contributed by atoms with van der Waals surface area (Å²) in [4.78, 5) is 23.3. The topological polar surface area (TPSA) is 76.6 Å². The lowest BCUT2D eigenvalue weighted by atomic mass is 10.00. The van der Waals surface area contributed by atoms with Crippen molar-refractivity contribution in [1.82, 2.24) is 14.9 Å². The second-order valence-corrected chi connectivity index (χ2v) is 6.54. The summed E-state index contributed by atoms with van der Waals surface area (Å²) in [7, 11) is 0. The van der Waals surface area contributed by atoms with E-state index in [-0.39, 0.29) is 12.7 Å². The first-order chi connectivity index (χ1) is 12.7. The van der Waals surface area contributed by atoms with Crippen LogP contribution in [0.3, 0.4) is 0 Å². The number of carbonyl (C=O) groups excluding carboxylic acids is 1. The average molecular weight is 354 g/mol. The van der Waals surface area contributed by atoms with Gasteiger partial charge in [-0.1, -0.05) is 6.92 Å². The molecule has 0 aliphatic carbocycles. The predicted octanol–water partition coefficient (Wildman–Crippen LogP) is 3.35. The Kier molecular flexibility index (Phi) is 4.60. The minimum Gasteiger partial charge on any atom is -0.454 e. The SMILES string of the molecule is CCC1CCCCN1C(=O)c1cnc(Nc2ccc3c(c2)OCO3)cn1. The van der Waals surface area contributed by atoms with Gasteiger partial charge in [0.25, 0.3) is 5.91 Å². The lowest BCUT2D eigenvalue weighted by Gasteiger charge is -2.34. The first-order valence-electron chi connectivity index (χ1n) is 9.04. The Morgan fingerprint density at radius 1 is 1.23 bits per heavy atom. The maximum atomic E-state index is 12.7. The molecule has 0 bridgehead atoms. The van der Waals surface area contributed by atoms with Crippen LogP contribution in [0.1, 0.15) is 43.1 Å². The summed E-state index contributed by atoms with van der Waals surface area (Å²) in [6.07, 6.45) is 7.41. The average Bonchev–Trinajstić information content (AvgIpc) is 3.16. The maximum absolute atomic E-state index is 12.7. The number of fused-ring (bicyclic) bond motifs is 1. The maximum Gasteiger partial charge on any atom is 0.274 e. The van der Waals surface area contributed by atoms with Gasteiger partial charge in [0, 0.05) is 24.3 Å². The van der Waals surface area contributed by atoms with Crippen LogP contribution < -0.4 is 14.8 Å². The number of hydrogen-bond acceptors (Lipinski definition) is 6. The van der Waals surface area contributed by atoms with Gasteiger partial charge in [-0.2, -0.15) is 0 Å². The van der Waals surface area contributed by atoms with Crippen molar-refractivity contribution in [2.75, 3.05) is 18.7 Å². The smallest absolute Gasteiger partial charge is 0.274 e. The van der Waals surface area contributed by atoms with Gasteiger partial charge in [-0.25, -0.2) is 9.97 Å². The van der Waals surface area contributed by atoms with Crippen molar-refractivity contribution in [3.63, 3.8) is 0 Å². The first kappa shape index (κ1) is 16.6. The van der Waals surface area contributed by atoms with Crippen LogP contribution in [0, 0.1) is 0 Å². The van der Waals surface area contributed by atoms with Crippen molar-refractivity contribution in [2.45, 2.75) is 38.6 Å². The summed E-state index contributed by atoms with van der Waals surface area (Å²) in [6.45, 7) is 3.17. The fraction of sp³-hybridized carbons (Fsp3) is 0.421. The Hall–Kier alpha value is -2.83. The zero-order chi connectivity index (χ0) is 17.9. The van der Waals surface area contributed by atoms with Crippen LogP contribution in [-0.2, 0) is 0 Å². The zero-order valence-electron chi connectivity index (χ0n) is 14.8. The molecule has 1 amide bonds. The number of carbonyl (C=O) groups is 1. The van der Waals surface area contributed by atoms with E-state index in [1.165, 1.54) is 6.42 Å². The molecule has 2 aromatic rings. The van der Waals surface area contributed by atoms with E-state index >= 15 is 0 Å². The summed E-state index contributed by atoms with van der Waals surface area (Å²) in [5.41, 5.74) is 1.21. The second kappa shape index (κ2) is 7.19. The van der Waals surface area contributed by atoms with E-state index in [4.69, 9.17) is 9.47 Å². The van der Waals surface area contributed by atoms with E-state index in [2.05, 4.69) is 22.2 Å². The molecular formula is C19H22N4O3. The number of likely N-dealkylation sites (tertiary alicyclic amines) is 1. The van der Waals surface area contributed by atoms with Gasteiger partial charge >= 0.3 is 0 Å². The third-order valence-electron chi connectivity index (χ3n) is 4.88. The minimum atomic E-state index is -0.0290. The molecule has 7 nitrogen and oxygen atoms in total. The third kappa shape index (κ3) is 3.29. The number of benzene rings is 1. The number of nitrogens with one attached hydrogen (secondary N) is 1. The molecule has 26 heavy (non-hydrogen) atoms. The molecule has 1 N–H and O–H groups in total. The highest BCUT2D eigenvalue weighted by Crippen LogP contribution is 2.34. The normalized spacial score (nSPS) is 18.7. The Morgan fingerprint density at radius 3 is 2.92 bits per heavy atom. The second-order valence-electron chi connectivity index (χ2n) is 6.54. The van der Waals surface area contributed by atoms with Crippen molar-refractivity contribution in [3.8, 4) is 11.5 Å². The van der Waals surface area contributed by atoms with Gasteiger partial charge in [-0.15, -0.1) is 0 Å². The molecule has 136 valence electrons. The molecule has 0 spiro atoms. The van der Waals surface area contributed by atoms with Crippen LogP contribution >= 0.6 is 0 Å². The van der Waals surface area contributed by atoms with E-state index in [1.54, 1.807) is 12.4 Å². The summed E-state index contributed by atoms with van der Waals surface area (Å²) in [5.74, 6) is 1.98. The summed E-state index contributed by atoms with van der Waals surface area (Å²) in [5, 5.41) is 3.17. The molecule has 0 radical (unpaired) electrons. The molecule has 1 aromatic carbocycles. The van der Waals surface area contributed by atoms with Gasteiger partial charge < -0.3 is 19.7 Å². The molecule has 4 rings (SSSR count). The number of ether oxygens (including phenoxy) is 2. The molecule has 1 aromatic heterocycles. The van der Waals surface area contributed by atoms with Crippen LogP contribution in [-0.4, -0.2) is 40.2 Å². The fourth-order valence-corrected chi connectivity index (χ4v) is 3.46. The fourth-order valence-electron chi connectivity index (χ4n) is 3.46. The molecule has 7 heteroatoms. The Balaban J connectivity index is 1.45. The summed E-state index contributed by atoms with van der Waals surface area (Å²) >= 11 is 0. The van der Waals surface area contributed by atoms with Gasteiger partial charge in [0.05, 0.1) is 12.4 Å². The van der Waals surface area contributed by atoms with Gasteiger partial charge in [0.15, 0.2) is 11.5 Å². The van der Waals surface area contributed by atoms with Gasteiger partial charge in [0.2, 0.25) is 6.79 Å². The summed E-state index contributed by atoms with van der Waals surface area (Å²) < 4.78 is 10.7. The van der Waals surface area contributed by atoms with Crippen molar-refractivity contribution in [1.29, 1.82) is 0 Å². The monoisotopic (exact) mass is 354 g/mol. The highest BCUT2D eigenvalue weighted by molar-refractivity contribution is 5.92. The molecule has 3 heterocycles. The predicted molar refractivity (Wildman–Crippen MR) is 96.8 cm³/mol. The van der Waals surface area contributed by atoms with Gasteiger partial charge in [0.1, 0.15) is 11.5 Å². The lowest BCUT2D eigenvalue weighted by molar-refractivity contribution is 0.0601. The minimum absolute atomic E-state index is 0.0290. The van der Waals surface area contributed by atoms with Crippen molar-refractivity contribution >= 4 is 17.4 Å². The van der Waals surface area contributed by atoms with Crippen LogP contribution in [0.15, 0.2) is 30.6 Å². The van der Waals surface area contributed by atoms with E-state index in [9.17, 15) is 4.79 Å². The molecule has 1 fully saturated rings. The zero-order valence-corrected chi connectivity index (χ0v) is 14.8. The number of hydrogen-bond donors (Lipinski definition) is 1. The number of nitrogens with zero attached hydrogens (tertiary/aromatic N) is 3. The highest BCUT2D eigenvalue weighted by Gasteiger charge is 2.27. The van der Waals surface area contributed by atoms with E-state index in [0.717, 1.165) is 37.2 Å². The van der Waals surface area contributed by atoms with E-state index in [0.29, 0.717) is 23.3 Å². The Morgan fingerprint density at radius 2 is 2.12 bits per heavy atom. The van der Waals surface area contributed by atoms with Crippen molar-refractivity contribution < 1.29 is 14.3 Å². The Labute approximate surface area is 152 Å². The Bertz CT molecular complexity index is 794. The number of anilines is 2. The molecular weight excluding hydrogens is 332 g/mol. The van der Waals surface area contributed by atoms with Crippen LogP contribution in [0.4, 0.5) is 11.5 Å². The standard InChI is InChI=1S/C19H22N4O3/c1-2-14-5-3-4-8-23(14)19(24)15-10-21-18(11-20-15)22-13-6-7-16-17(9-13)26-12-25-16/h6-7,9-11,14H,2-5,8,12H2,1H3,(H,21,22). The molecule has 1 atom stereocenters. The molecule has 2 aliphatic heterocycles. The van der Waals surface area contributed by atoms with Crippen LogP contribution in [0.5, 0.6) is 11.5 Å².